The molecular formula is C12H15F2NO3. The highest BCUT2D eigenvalue weighted by atomic mass is 19.3. The predicted molar refractivity (Wildman–Crippen MR) is 62.9 cm³/mol. The molecule has 0 aliphatic heterocycles. The third-order valence-electron chi connectivity index (χ3n) is 1.70. The van der Waals surface area contributed by atoms with Crippen LogP contribution in [0.5, 0.6) is 5.75 Å². The highest BCUT2D eigenvalue weighted by Crippen LogP contribution is 2.20. The molecule has 0 aliphatic carbocycles. The summed E-state index contributed by atoms with van der Waals surface area (Å²) in [5.41, 5.74) is -0.302. The lowest BCUT2D eigenvalue weighted by Gasteiger charge is -2.19. The normalized spacial score (nSPS) is 11.2. The zero-order valence-corrected chi connectivity index (χ0v) is 10.4. The van der Waals surface area contributed by atoms with Crippen LogP contribution in [0.15, 0.2) is 24.3 Å². The molecule has 1 aromatic rings. The molecule has 6 heteroatoms. The fraction of sp³-hybridized carbons (Fsp3) is 0.417. The predicted octanol–water partition coefficient (Wildman–Crippen LogP) is 3.64. The van der Waals surface area contributed by atoms with Crippen molar-refractivity contribution in [2.75, 3.05) is 5.32 Å². The highest BCUT2D eigenvalue weighted by Gasteiger charge is 2.16. The number of nitrogens with one attached hydrogen (secondary N) is 1. The van der Waals surface area contributed by atoms with Gasteiger partial charge in [0.15, 0.2) is 0 Å². The van der Waals surface area contributed by atoms with E-state index in [1.54, 1.807) is 26.8 Å². The fourth-order valence-electron chi connectivity index (χ4n) is 1.17. The Bertz CT molecular complexity index is 416. The van der Waals surface area contributed by atoms with Crippen LogP contribution in [0.1, 0.15) is 20.8 Å². The number of ether oxygens (including phenoxy) is 2. The number of carbonyl (C=O) groups excluding carboxylic acids is 1. The third kappa shape index (κ3) is 5.47. The molecule has 0 atom stereocenters. The van der Waals surface area contributed by atoms with Crippen LogP contribution in [-0.2, 0) is 4.74 Å². The molecule has 0 saturated heterocycles. The summed E-state index contributed by atoms with van der Waals surface area (Å²) in [6.45, 7) is 2.27. The van der Waals surface area contributed by atoms with Crippen LogP contribution in [0, 0.1) is 0 Å². The second-order valence-corrected chi connectivity index (χ2v) is 4.53. The second-order valence-electron chi connectivity index (χ2n) is 4.53. The Labute approximate surface area is 104 Å². The van der Waals surface area contributed by atoms with Gasteiger partial charge in [-0.25, -0.2) is 4.79 Å². The lowest BCUT2D eigenvalue weighted by molar-refractivity contribution is -0.0497. The molecule has 0 radical (unpaired) electrons. The summed E-state index contributed by atoms with van der Waals surface area (Å²) in [7, 11) is 0. The van der Waals surface area contributed by atoms with Crippen molar-refractivity contribution in [3.63, 3.8) is 0 Å². The quantitative estimate of drug-likeness (QED) is 0.901. The summed E-state index contributed by atoms with van der Waals surface area (Å²) in [5, 5.41) is 2.43. The van der Waals surface area contributed by atoms with Crippen LogP contribution in [0.4, 0.5) is 19.3 Å². The average Bonchev–Trinajstić information content (AvgIpc) is 2.13. The SMILES string of the molecule is CC(C)(C)OC(=O)Nc1cccc(OC(F)F)c1. The smallest absolute Gasteiger partial charge is 0.412 e. The van der Waals surface area contributed by atoms with E-state index in [0.29, 0.717) is 5.69 Å². The molecule has 4 nitrogen and oxygen atoms in total. The van der Waals surface area contributed by atoms with Gasteiger partial charge in [0.2, 0.25) is 0 Å². The summed E-state index contributed by atoms with van der Waals surface area (Å²) in [6.07, 6.45) is -0.656. The van der Waals surface area contributed by atoms with Gasteiger partial charge < -0.3 is 9.47 Å². The van der Waals surface area contributed by atoms with Gasteiger partial charge in [-0.15, -0.1) is 0 Å². The first-order valence-corrected chi connectivity index (χ1v) is 5.31. The van der Waals surface area contributed by atoms with Gasteiger partial charge in [0, 0.05) is 11.8 Å². The standard InChI is InChI=1S/C12H15F2NO3/c1-12(2,3)18-11(16)15-8-5-4-6-9(7-8)17-10(13)14/h4-7,10H,1-3H3,(H,15,16). The van der Waals surface area contributed by atoms with Gasteiger partial charge in [0.1, 0.15) is 11.4 Å². The van der Waals surface area contributed by atoms with E-state index in [9.17, 15) is 13.6 Å². The highest BCUT2D eigenvalue weighted by molar-refractivity contribution is 5.85. The number of rotatable bonds is 3. The van der Waals surface area contributed by atoms with E-state index in [2.05, 4.69) is 10.1 Å². The van der Waals surface area contributed by atoms with Crippen molar-refractivity contribution in [2.24, 2.45) is 0 Å². The Kier molecular flexibility index (Phi) is 4.47. The molecule has 0 fully saturated rings. The molecule has 0 bridgehead atoms. The number of anilines is 1. The van der Waals surface area contributed by atoms with E-state index in [1.165, 1.54) is 18.2 Å². The monoisotopic (exact) mass is 259 g/mol. The van der Waals surface area contributed by atoms with E-state index in [4.69, 9.17) is 4.74 Å². The minimum atomic E-state index is -2.90. The van der Waals surface area contributed by atoms with Crippen molar-refractivity contribution in [3.05, 3.63) is 24.3 Å². The van der Waals surface area contributed by atoms with Crippen LogP contribution >= 0.6 is 0 Å². The van der Waals surface area contributed by atoms with Gasteiger partial charge >= 0.3 is 12.7 Å². The zero-order chi connectivity index (χ0) is 13.8. The van der Waals surface area contributed by atoms with E-state index >= 15 is 0 Å². The first-order valence-electron chi connectivity index (χ1n) is 5.31. The van der Waals surface area contributed by atoms with Crippen molar-refractivity contribution in [1.29, 1.82) is 0 Å². The van der Waals surface area contributed by atoms with Crippen LogP contribution in [0.25, 0.3) is 0 Å². The van der Waals surface area contributed by atoms with Crippen LogP contribution < -0.4 is 10.1 Å². The number of benzene rings is 1. The van der Waals surface area contributed by atoms with Crippen molar-refractivity contribution in [3.8, 4) is 5.75 Å². The minimum absolute atomic E-state index is 0.0291. The van der Waals surface area contributed by atoms with Gasteiger partial charge in [0.05, 0.1) is 0 Å². The lowest BCUT2D eigenvalue weighted by Crippen LogP contribution is -2.27. The second kappa shape index (κ2) is 5.66. The van der Waals surface area contributed by atoms with Crippen molar-refractivity contribution < 1.29 is 23.0 Å². The van der Waals surface area contributed by atoms with E-state index in [1.807, 2.05) is 0 Å². The maximum absolute atomic E-state index is 12.0. The molecular weight excluding hydrogens is 244 g/mol. The third-order valence-corrected chi connectivity index (χ3v) is 1.70. The molecule has 1 rings (SSSR count). The van der Waals surface area contributed by atoms with Crippen LogP contribution in [-0.4, -0.2) is 18.3 Å². The first-order chi connectivity index (χ1) is 8.26. The molecule has 1 amide bonds. The van der Waals surface area contributed by atoms with E-state index in [-0.39, 0.29) is 5.75 Å². The van der Waals surface area contributed by atoms with Crippen LogP contribution in [0.3, 0.4) is 0 Å². The number of hydrogen-bond acceptors (Lipinski definition) is 3. The van der Waals surface area contributed by atoms with E-state index < -0.39 is 18.3 Å². The number of amides is 1. The molecule has 18 heavy (non-hydrogen) atoms. The van der Waals surface area contributed by atoms with Crippen molar-refractivity contribution in [2.45, 2.75) is 33.0 Å². The van der Waals surface area contributed by atoms with Gasteiger partial charge in [-0.3, -0.25) is 5.32 Å². The Morgan fingerprint density at radius 2 is 2.00 bits per heavy atom. The van der Waals surface area contributed by atoms with E-state index in [0.717, 1.165) is 0 Å². The molecule has 1 N–H and O–H groups in total. The molecule has 100 valence electrons. The molecule has 0 heterocycles. The maximum atomic E-state index is 12.0. The summed E-state index contributed by atoms with van der Waals surface area (Å²) >= 11 is 0. The van der Waals surface area contributed by atoms with Gasteiger partial charge in [-0.05, 0) is 32.9 Å². The maximum Gasteiger partial charge on any atom is 0.412 e. The Morgan fingerprint density at radius 1 is 1.33 bits per heavy atom. The summed E-state index contributed by atoms with van der Waals surface area (Å²) in [6, 6.07) is 5.69. The number of carbonyl (C=O) groups is 1. The van der Waals surface area contributed by atoms with Crippen molar-refractivity contribution in [1.82, 2.24) is 0 Å². The van der Waals surface area contributed by atoms with Crippen LogP contribution in [0.2, 0.25) is 0 Å². The Morgan fingerprint density at radius 3 is 2.56 bits per heavy atom. The molecule has 0 aliphatic rings. The van der Waals surface area contributed by atoms with Crippen molar-refractivity contribution >= 4 is 11.8 Å². The topological polar surface area (TPSA) is 47.6 Å². The number of alkyl halides is 2. The lowest BCUT2D eigenvalue weighted by atomic mass is 10.2. The largest absolute Gasteiger partial charge is 0.444 e. The summed E-state index contributed by atoms with van der Waals surface area (Å²) in [4.78, 5) is 11.4. The summed E-state index contributed by atoms with van der Waals surface area (Å²) < 4.78 is 33.2. The van der Waals surface area contributed by atoms with Gasteiger partial charge in [-0.1, -0.05) is 6.07 Å². The molecule has 0 spiro atoms. The molecule has 1 aromatic carbocycles. The molecule has 0 aromatic heterocycles. The van der Waals surface area contributed by atoms with Gasteiger partial charge in [0.25, 0.3) is 0 Å². The Balaban J connectivity index is 2.65. The Hall–Kier alpha value is -1.85. The first kappa shape index (κ1) is 14.2. The van der Waals surface area contributed by atoms with Gasteiger partial charge in [-0.2, -0.15) is 8.78 Å². The molecule has 0 saturated carbocycles. The number of hydrogen-bond donors (Lipinski definition) is 1. The summed E-state index contributed by atoms with van der Waals surface area (Å²) in [5.74, 6) is -0.0291. The number of halogens is 2. The average molecular weight is 259 g/mol. The minimum Gasteiger partial charge on any atom is -0.444 e. The zero-order valence-electron chi connectivity index (χ0n) is 10.4. The fourth-order valence-corrected chi connectivity index (χ4v) is 1.17. The molecule has 0 unspecified atom stereocenters.